The number of epoxide rings is 1. The van der Waals surface area contributed by atoms with Crippen molar-refractivity contribution in [2.75, 3.05) is 51.3 Å². The molecule has 7 heterocycles. The molecule has 14 nitrogen and oxygen atoms in total. The van der Waals surface area contributed by atoms with Crippen molar-refractivity contribution < 1.29 is 28.5 Å². The minimum absolute atomic E-state index is 0.117. The summed E-state index contributed by atoms with van der Waals surface area (Å²) < 4.78 is 27.4. The number of nitrogens with zero attached hydrogens (tertiary/aromatic N) is 5. The Labute approximate surface area is 343 Å². The molecule has 4 unspecified atom stereocenters. The van der Waals surface area contributed by atoms with Crippen molar-refractivity contribution in [1.29, 1.82) is 0 Å². The number of carbonyl (C=O) groups is 2. The van der Waals surface area contributed by atoms with Gasteiger partial charge in [-0.25, -0.2) is 15.2 Å². The average molecular weight is 813 g/mol. The van der Waals surface area contributed by atoms with Crippen LogP contribution in [0, 0.1) is 5.41 Å². The van der Waals surface area contributed by atoms with Crippen molar-refractivity contribution in [2.45, 2.75) is 109 Å². The topological polar surface area (TPSA) is 148 Å². The second kappa shape index (κ2) is 15.2. The third-order valence-electron chi connectivity index (χ3n) is 12.2. The molecule has 5 aliphatic rings. The van der Waals surface area contributed by atoms with E-state index in [-0.39, 0.29) is 36.5 Å². The summed E-state index contributed by atoms with van der Waals surface area (Å²) in [5.74, 6) is -0.363. The van der Waals surface area contributed by atoms with E-state index >= 15 is 0 Å². The van der Waals surface area contributed by atoms with Crippen LogP contribution in [0.15, 0.2) is 35.8 Å². The van der Waals surface area contributed by atoms with Gasteiger partial charge in [0.25, 0.3) is 5.91 Å². The molecule has 3 saturated heterocycles. The molecular formula is C43H56N8O6S. The number of alkyl carbamates (subject to hydrolysis) is 1. The molecule has 4 aromatic rings. The van der Waals surface area contributed by atoms with Crippen LogP contribution in [0.3, 0.4) is 0 Å². The number of fused-ring (bicyclic) bond motifs is 10. The van der Waals surface area contributed by atoms with Crippen molar-refractivity contribution in [1.82, 2.24) is 35.6 Å². The number of hydrazine groups is 1. The molecule has 3 fully saturated rings. The van der Waals surface area contributed by atoms with Crippen molar-refractivity contribution in [2.24, 2.45) is 5.41 Å². The summed E-state index contributed by atoms with van der Waals surface area (Å²) in [5, 5.41) is 11.9. The van der Waals surface area contributed by atoms with Crippen LogP contribution in [0.2, 0.25) is 0 Å². The standard InChI is InChI=1S/C43H56N8O6S/c1-8-50-31-12-11-24-18-26(31)33-34(38(54-7)35-27(36(33)50)19-25(21-45-35)49-16-13-44-14-17-49)43(5,6)23-55-40-37(56-40)28-10-9-15-51(48-28)39(52)29(20-32-46-30(24)22-58-32)47-41(53)57-42(2,3)4/h11-12,18-19,21-22,28-29,34,37-38,40,44,48H,8-10,13-17,20,23H2,1-7H3,(H,47,53)/t28-,29?,34?,37?,38-,40?/m0/s1. The summed E-state index contributed by atoms with van der Waals surface area (Å²) in [4.78, 5) is 40.1. The second-order valence-electron chi connectivity index (χ2n) is 17.9. The highest BCUT2D eigenvalue weighted by Gasteiger charge is 2.51. The first-order valence-corrected chi connectivity index (χ1v) is 21.7. The molecule has 2 amide bonds. The van der Waals surface area contributed by atoms with Crippen LogP contribution in [0.4, 0.5) is 10.5 Å². The van der Waals surface area contributed by atoms with Gasteiger partial charge in [0.15, 0.2) is 6.29 Å². The molecule has 0 spiro atoms. The van der Waals surface area contributed by atoms with Crippen LogP contribution in [0.1, 0.15) is 82.7 Å². The number of piperazine rings is 1. The van der Waals surface area contributed by atoms with Gasteiger partial charge in [-0.3, -0.25) is 14.8 Å². The quantitative estimate of drug-likeness (QED) is 0.217. The van der Waals surface area contributed by atoms with Gasteiger partial charge in [-0.05, 0) is 69.7 Å². The monoisotopic (exact) mass is 812 g/mol. The Hall–Kier alpha value is -4.12. The van der Waals surface area contributed by atoms with Crippen molar-refractivity contribution in [3.63, 3.8) is 0 Å². The van der Waals surface area contributed by atoms with Crippen LogP contribution in [0.5, 0.6) is 0 Å². The molecule has 1 aromatic carbocycles. The van der Waals surface area contributed by atoms with E-state index in [9.17, 15) is 9.59 Å². The van der Waals surface area contributed by atoms with E-state index < -0.39 is 29.4 Å². The first kappa shape index (κ1) is 39.3. The van der Waals surface area contributed by atoms with Gasteiger partial charge in [0.1, 0.15) is 23.9 Å². The first-order valence-electron chi connectivity index (χ1n) is 20.8. The van der Waals surface area contributed by atoms with Gasteiger partial charge in [-0.2, -0.15) is 0 Å². The number of aromatic nitrogens is 3. The molecule has 6 bridgehead atoms. The summed E-state index contributed by atoms with van der Waals surface area (Å²) in [7, 11) is 1.80. The number of pyridine rings is 1. The minimum Gasteiger partial charge on any atom is -0.444 e. The van der Waals surface area contributed by atoms with E-state index in [1.165, 1.54) is 22.6 Å². The van der Waals surface area contributed by atoms with Gasteiger partial charge in [0.05, 0.1) is 46.6 Å². The highest BCUT2D eigenvalue weighted by molar-refractivity contribution is 7.10. The Balaban J connectivity index is 1.18. The van der Waals surface area contributed by atoms with Crippen LogP contribution in [0.25, 0.3) is 33.4 Å². The fourth-order valence-corrected chi connectivity index (χ4v) is 10.3. The number of carbonyl (C=O) groups excluding carboxylic acids is 2. The number of nitrogens with one attached hydrogen (secondary N) is 3. The maximum absolute atomic E-state index is 14.2. The van der Waals surface area contributed by atoms with Gasteiger partial charge in [-0.1, -0.05) is 19.9 Å². The van der Waals surface area contributed by atoms with Gasteiger partial charge < -0.3 is 39.0 Å². The number of methoxy groups -OCH3 is 1. The van der Waals surface area contributed by atoms with E-state index in [0.717, 1.165) is 89.7 Å². The largest absolute Gasteiger partial charge is 0.444 e. The van der Waals surface area contributed by atoms with E-state index in [2.05, 4.69) is 70.6 Å². The number of benzene rings is 1. The molecule has 4 aliphatic heterocycles. The number of anilines is 1. The van der Waals surface area contributed by atoms with Gasteiger partial charge in [0, 0.05) is 86.1 Å². The van der Waals surface area contributed by atoms with Crippen molar-refractivity contribution in [3.05, 3.63) is 52.1 Å². The fraction of sp³-hybridized carbons (Fsp3) is 0.581. The molecule has 1 aliphatic carbocycles. The lowest BCUT2D eigenvalue weighted by Crippen LogP contribution is -2.60. The highest BCUT2D eigenvalue weighted by Crippen LogP contribution is 2.57. The third kappa shape index (κ3) is 7.27. The zero-order valence-electron chi connectivity index (χ0n) is 34.6. The van der Waals surface area contributed by atoms with Crippen LogP contribution >= 0.6 is 11.3 Å². The predicted octanol–water partition coefficient (Wildman–Crippen LogP) is 5.75. The normalized spacial score (nSPS) is 27.0. The molecule has 9 rings (SSSR count). The third-order valence-corrected chi connectivity index (χ3v) is 13.1. The fourth-order valence-electron chi connectivity index (χ4n) is 9.48. The first-order chi connectivity index (χ1) is 27.8. The number of rotatable bonds is 4. The molecule has 3 N–H and O–H groups in total. The molecule has 0 saturated carbocycles. The lowest BCUT2D eigenvalue weighted by atomic mass is 9.67. The Morgan fingerprint density at radius 2 is 1.97 bits per heavy atom. The number of aryl methyl sites for hydroxylation is 1. The van der Waals surface area contributed by atoms with E-state index in [1.54, 1.807) is 32.9 Å². The maximum atomic E-state index is 14.2. The van der Waals surface area contributed by atoms with E-state index in [4.69, 9.17) is 28.9 Å². The lowest BCUT2D eigenvalue weighted by Gasteiger charge is -2.42. The Kier molecular flexibility index (Phi) is 10.3. The van der Waals surface area contributed by atoms with Gasteiger partial charge in [0.2, 0.25) is 0 Å². The smallest absolute Gasteiger partial charge is 0.408 e. The predicted molar refractivity (Wildman–Crippen MR) is 223 cm³/mol. The molecule has 3 aromatic heterocycles. The van der Waals surface area contributed by atoms with Crippen LogP contribution in [-0.2, 0) is 36.7 Å². The van der Waals surface area contributed by atoms with Crippen LogP contribution in [-0.4, -0.2) is 108 Å². The summed E-state index contributed by atoms with van der Waals surface area (Å²) in [5.41, 5.74) is 10.8. The Bertz CT molecular complexity index is 2210. The second-order valence-corrected chi connectivity index (χ2v) is 18.8. The maximum Gasteiger partial charge on any atom is 0.408 e. The van der Waals surface area contributed by atoms with Gasteiger partial charge in [-0.15, -0.1) is 11.3 Å². The number of hydrogen-bond donors (Lipinski definition) is 3. The van der Waals surface area contributed by atoms with Crippen molar-refractivity contribution >= 4 is 39.9 Å². The molecule has 58 heavy (non-hydrogen) atoms. The Morgan fingerprint density at radius 3 is 2.72 bits per heavy atom. The Morgan fingerprint density at radius 1 is 1.16 bits per heavy atom. The molecule has 310 valence electrons. The molecule has 0 radical (unpaired) electrons. The van der Waals surface area contributed by atoms with E-state index in [0.29, 0.717) is 13.2 Å². The summed E-state index contributed by atoms with van der Waals surface area (Å²) in [6.45, 7) is 17.6. The molecule has 15 heteroatoms. The summed E-state index contributed by atoms with van der Waals surface area (Å²) >= 11 is 1.49. The number of amides is 2. The molecular weight excluding hydrogens is 757 g/mol. The SMILES string of the molecule is CCn1c2c3c4cc(ccc41)-c1csc(n1)CC(NC(=O)OC(C)(C)C)C(=O)N1CCC[C@H](N1)C1OC1OCC(C)(C)C3[C@H](OC)c1ncc(N3CCNCC3)cc1-2. The zero-order valence-corrected chi connectivity index (χ0v) is 35.4. The zero-order chi connectivity index (χ0) is 40.5. The van der Waals surface area contributed by atoms with Crippen LogP contribution < -0.4 is 21.0 Å². The molecule has 6 atom stereocenters. The average Bonchev–Trinajstić information content (AvgIpc) is 3.72. The number of hydrogen-bond acceptors (Lipinski definition) is 12. The lowest BCUT2D eigenvalue weighted by molar-refractivity contribution is -0.139. The van der Waals surface area contributed by atoms with Crippen molar-refractivity contribution in [3.8, 4) is 22.5 Å². The number of thiazole rings is 1. The number of ether oxygens (including phenoxy) is 4. The highest BCUT2D eigenvalue weighted by atomic mass is 32.1. The van der Waals surface area contributed by atoms with Gasteiger partial charge >= 0.3 is 6.09 Å². The summed E-state index contributed by atoms with van der Waals surface area (Å²) in [6.07, 6.45) is 2.23. The van der Waals surface area contributed by atoms with E-state index in [1.807, 2.05) is 11.6 Å². The summed E-state index contributed by atoms with van der Waals surface area (Å²) in [6, 6.07) is 7.92. The minimum atomic E-state index is -0.894.